The Morgan fingerprint density at radius 1 is 1.04 bits per heavy atom. The first-order valence-corrected chi connectivity index (χ1v) is 10.5. The van der Waals surface area contributed by atoms with E-state index in [0.717, 1.165) is 23.4 Å². The number of thiocarbonyl (C=S) groups is 1. The third kappa shape index (κ3) is 5.93. The van der Waals surface area contributed by atoms with Crippen molar-refractivity contribution < 1.29 is 4.90 Å². The molecular formula is C22H29ClN3S+. The quantitative estimate of drug-likeness (QED) is 0.660. The highest BCUT2D eigenvalue weighted by atomic mass is 35.5. The SMILES string of the molecule is Cc1cc(C)c(NC(=S)NCc2ccc(C[NH+]3CCCCC3)cc2)c(Cl)c1. The van der Waals surface area contributed by atoms with Gasteiger partial charge in [0.1, 0.15) is 6.54 Å². The summed E-state index contributed by atoms with van der Waals surface area (Å²) in [6.45, 7) is 8.53. The summed E-state index contributed by atoms with van der Waals surface area (Å²) in [5, 5.41) is 7.78. The van der Waals surface area contributed by atoms with E-state index in [1.807, 2.05) is 19.9 Å². The number of hydrogen-bond donors (Lipinski definition) is 3. The minimum atomic E-state index is 0.589. The van der Waals surface area contributed by atoms with Gasteiger partial charge in [0, 0.05) is 12.1 Å². The molecule has 0 saturated carbocycles. The summed E-state index contributed by atoms with van der Waals surface area (Å²) in [5.41, 5.74) is 5.75. The summed E-state index contributed by atoms with van der Waals surface area (Å²) in [5.74, 6) is 0. The smallest absolute Gasteiger partial charge is 0.171 e. The lowest BCUT2D eigenvalue weighted by Crippen LogP contribution is -3.11. The average Bonchev–Trinajstić information content (AvgIpc) is 2.65. The summed E-state index contributed by atoms with van der Waals surface area (Å²) < 4.78 is 0. The van der Waals surface area contributed by atoms with E-state index in [-0.39, 0.29) is 0 Å². The number of anilines is 1. The molecule has 27 heavy (non-hydrogen) atoms. The van der Waals surface area contributed by atoms with Gasteiger partial charge >= 0.3 is 0 Å². The van der Waals surface area contributed by atoms with Crippen LogP contribution in [0.15, 0.2) is 36.4 Å². The Labute approximate surface area is 173 Å². The van der Waals surface area contributed by atoms with Crippen LogP contribution in [0.5, 0.6) is 0 Å². The number of halogens is 1. The minimum absolute atomic E-state index is 0.589. The second-order valence-corrected chi connectivity index (χ2v) is 8.37. The van der Waals surface area contributed by atoms with Gasteiger partial charge in [-0.25, -0.2) is 0 Å². The number of likely N-dealkylation sites (tertiary alicyclic amines) is 1. The third-order valence-corrected chi connectivity index (χ3v) is 5.71. The predicted molar refractivity (Wildman–Crippen MR) is 119 cm³/mol. The molecule has 5 heteroatoms. The minimum Gasteiger partial charge on any atom is -0.358 e. The molecule has 3 rings (SSSR count). The number of rotatable bonds is 5. The highest BCUT2D eigenvalue weighted by Crippen LogP contribution is 2.27. The second kappa shape index (κ2) is 9.54. The lowest BCUT2D eigenvalue weighted by molar-refractivity contribution is -0.918. The van der Waals surface area contributed by atoms with Gasteiger partial charge in [-0.2, -0.15) is 0 Å². The van der Waals surface area contributed by atoms with Crippen molar-refractivity contribution in [3.05, 3.63) is 63.7 Å². The van der Waals surface area contributed by atoms with E-state index in [4.69, 9.17) is 23.8 Å². The molecule has 0 aromatic heterocycles. The van der Waals surface area contributed by atoms with E-state index < -0.39 is 0 Å². The van der Waals surface area contributed by atoms with Gasteiger partial charge in [-0.1, -0.05) is 41.9 Å². The summed E-state index contributed by atoms with van der Waals surface area (Å²) in [6.07, 6.45) is 4.13. The molecule has 0 atom stereocenters. The average molecular weight is 403 g/mol. The van der Waals surface area contributed by atoms with Crippen molar-refractivity contribution in [2.24, 2.45) is 0 Å². The van der Waals surface area contributed by atoms with Crippen molar-refractivity contribution in [1.29, 1.82) is 0 Å². The lowest BCUT2D eigenvalue weighted by atomic mass is 10.1. The van der Waals surface area contributed by atoms with Gasteiger partial charge in [-0.05, 0) is 68.1 Å². The Hall–Kier alpha value is -1.62. The van der Waals surface area contributed by atoms with Gasteiger partial charge in [-0.15, -0.1) is 0 Å². The van der Waals surface area contributed by atoms with Crippen LogP contribution >= 0.6 is 23.8 Å². The monoisotopic (exact) mass is 402 g/mol. The van der Waals surface area contributed by atoms with Crippen molar-refractivity contribution in [3.63, 3.8) is 0 Å². The van der Waals surface area contributed by atoms with E-state index >= 15 is 0 Å². The topological polar surface area (TPSA) is 28.5 Å². The lowest BCUT2D eigenvalue weighted by Gasteiger charge is -2.23. The van der Waals surface area contributed by atoms with Crippen LogP contribution in [-0.4, -0.2) is 18.2 Å². The van der Waals surface area contributed by atoms with E-state index in [9.17, 15) is 0 Å². The van der Waals surface area contributed by atoms with E-state index in [2.05, 4.69) is 41.0 Å². The van der Waals surface area contributed by atoms with Crippen LogP contribution in [-0.2, 0) is 13.1 Å². The third-order valence-electron chi connectivity index (χ3n) is 5.16. The molecule has 2 aromatic rings. The Kier molecular flexibility index (Phi) is 7.11. The highest BCUT2D eigenvalue weighted by molar-refractivity contribution is 7.80. The molecule has 144 valence electrons. The van der Waals surface area contributed by atoms with Gasteiger partial charge in [0.15, 0.2) is 5.11 Å². The summed E-state index contributed by atoms with van der Waals surface area (Å²) >= 11 is 11.8. The molecule has 1 heterocycles. The summed E-state index contributed by atoms with van der Waals surface area (Å²) in [6, 6.07) is 12.9. The fourth-order valence-corrected chi connectivity index (χ4v) is 4.25. The molecule has 1 fully saturated rings. The molecule has 0 spiro atoms. The van der Waals surface area contributed by atoms with Crippen molar-refractivity contribution in [3.8, 4) is 0 Å². The number of aryl methyl sites for hydroxylation is 2. The molecule has 1 aliphatic heterocycles. The predicted octanol–water partition coefficient (Wildman–Crippen LogP) is 4.01. The molecule has 3 nitrogen and oxygen atoms in total. The molecule has 3 N–H and O–H groups in total. The normalized spacial score (nSPS) is 14.8. The fraction of sp³-hybridized carbons (Fsp3) is 0.409. The molecular weight excluding hydrogens is 374 g/mol. The van der Waals surface area contributed by atoms with Gasteiger partial charge in [0.2, 0.25) is 0 Å². The van der Waals surface area contributed by atoms with Crippen LogP contribution in [0.1, 0.15) is 41.5 Å². The zero-order valence-electron chi connectivity index (χ0n) is 16.2. The number of quaternary nitrogens is 1. The van der Waals surface area contributed by atoms with Crippen LogP contribution in [0.25, 0.3) is 0 Å². The maximum Gasteiger partial charge on any atom is 0.171 e. The van der Waals surface area contributed by atoms with Crippen molar-refractivity contribution in [1.82, 2.24) is 5.32 Å². The largest absolute Gasteiger partial charge is 0.358 e. The van der Waals surface area contributed by atoms with Gasteiger partial charge in [0.25, 0.3) is 0 Å². The number of hydrogen-bond acceptors (Lipinski definition) is 1. The highest BCUT2D eigenvalue weighted by Gasteiger charge is 2.13. The number of benzene rings is 2. The molecule has 0 bridgehead atoms. The molecule has 2 aromatic carbocycles. The van der Waals surface area contributed by atoms with Crippen LogP contribution in [0, 0.1) is 13.8 Å². The Bertz CT molecular complexity index is 760. The van der Waals surface area contributed by atoms with Crippen LogP contribution in [0.2, 0.25) is 5.02 Å². The van der Waals surface area contributed by atoms with Crippen molar-refractivity contribution in [2.45, 2.75) is 46.2 Å². The second-order valence-electron chi connectivity index (χ2n) is 7.55. The fourth-order valence-electron chi connectivity index (χ4n) is 3.71. The molecule has 0 unspecified atom stereocenters. The summed E-state index contributed by atoms with van der Waals surface area (Å²) in [7, 11) is 0. The van der Waals surface area contributed by atoms with Gasteiger partial charge < -0.3 is 15.5 Å². The zero-order chi connectivity index (χ0) is 19.2. The Morgan fingerprint density at radius 3 is 2.37 bits per heavy atom. The Balaban J connectivity index is 1.50. The number of nitrogens with one attached hydrogen (secondary N) is 3. The standard InChI is InChI=1S/C22H28ClN3S/c1-16-12-17(2)21(20(23)13-16)25-22(27)24-14-18-6-8-19(9-7-18)15-26-10-4-3-5-11-26/h6-9,12-13H,3-5,10-11,14-15H2,1-2H3,(H2,24,25,27)/p+1. The molecule has 0 radical (unpaired) electrons. The van der Waals surface area contributed by atoms with E-state index in [1.54, 1.807) is 4.90 Å². The first kappa shape index (κ1) is 20.1. The van der Waals surface area contributed by atoms with Gasteiger partial charge in [-0.3, -0.25) is 0 Å². The molecule has 1 aliphatic rings. The van der Waals surface area contributed by atoms with Crippen LogP contribution in [0.4, 0.5) is 5.69 Å². The first-order chi connectivity index (χ1) is 13.0. The van der Waals surface area contributed by atoms with E-state index in [0.29, 0.717) is 16.7 Å². The van der Waals surface area contributed by atoms with Crippen LogP contribution < -0.4 is 15.5 Å². The first-order valence-electron chi connectivity index (χ1n) is 9.74. The molecule has 0 aliphatic carbocycles. The van der Waals surface area contributed by atoms with E-state index in [1.165, 1.54) is 43.5 Å². The number of piperidine rings is 1. The maximum absolute atomic E-state index is 6.34. The molecule has 0 amide bonds. The van der Waals surface area contributed by atoms with Crippen molar-refractivity contribution in [2.75, 3.05) is 18.4 Å². The maximum atomic E-state index is 6.34. The van der Waals surface area contributed by atoms with Gasteiger partial charge in [0.05, 0.1) is 23.8 Å². The molecule has 1 saturated heterocycles. The Morgan fingerprint density at radius 2 is 1.70 bits per heavy atom. The zero-order valence-corrected chi connectivity index (χ0v) is 17.8. The summed E-state index contributed by atoms with van der Waals surface area (Å²) in [4.78, 5) is 1.71. The van der Waals surface area contributed by atoms with Crippen molar-refractivity contribution >= 4 is 34.6 Å². The van der Waals surface area contributed by atoms with Crippen LogP contribution in [0.3, 0.4) is 0 Å².